The number of carbonyl (C=O) groups is 1. The molecule has 3 N–H and O–H groups in total. The molecule has 1 unspecified atom stereocenters. The van der Waals surface area contributed by atoms with Gasteiger partial charge in [0.15, 0.2) is 0 Å². The van der Waals surface area contributed by atoms with Crippen molar-refractivity contribution in [3.63, 3.8) is 0 Å². The first kappa shape index (κ1) is 12.5. The highest BCUT2D eigenvalue weighted by molar-refractivity contribution is 5.81. The van der Waals surface area contributed by atoms with Crippen molar-refractivity contribution >= 4 is 5.91 Å². The van der Waals surface area contributed by atoms with Crippen molar-refractivity contribution in [2.24, 2.45) is 11.1 Å². The largest absolute Gasteiger partial charge is 0.319 e. The van der Waals surface area contributed by atoms with E-state index < -0.39 is 6.04 Å². The van der Waals surface area contributed by atoms with Gasteiger partial charge >= 0.3 is 0 Å². The first-order valence-corrected chi connectivity index (χ1v) is 5.72. The number of amides is 1. The van der Waals surface area contributed by atoms with Crippen LogP contribution in [0, 0.1) is 5.41 Å². The Morgan fingerprint density at radius 1 is 1.27 bits per heavy atom. The first-order valence-electron chi connectivity index (χ1n) is 5.72. The number of hydrazine groups is 1. The highest BCUT2D eigenvalue weighted by Gasteiger charge is 2.28. The van der Waals surface area contributed by atoms with Gasteiger partial charge in [-0.2, -0.15) is 0 Å². The summed E-state index contributed by atoms with van der Waals surface area (Å²) >= 11 is 0. The molecule has 0 aliphatic carbocycles. The van der Waals surface area contributed by atoms with Crippen molar-refractivity contribution in [2.45, 2.75) is 46.1 Å². The molecule has 88 valence electrons. The van der Waals surface area contributed by atoms with Gasteiger partial charge in [-0.05, 0) is 18.3 Å². The second kappa shape index (κ2) is 4.94. The second-order valence-electron chi connectivity index (χ2n) is 5.37. The van der Waals surface area contributed by atoms with Crippen molar-refractivity contribution in [2.75, 3.05) is 13.1 Å². The molecule has 0 aromatic heterocycles. The summed E-state index contributed by atoms with van der Waals surface area (Å²) < 4.78 is 0. The number of rotatable bonds is 2. The van der Waals surface area contributed by atoms with Crippen LogP contribution in [0.1, 0.15) is 40.0 Å². The molecule has 4 heteroatoms. The lowest BCUT2D eigenvalue weighted by atomic mass is 9.87. The van der Waals surface area contributed by atoms with Crippen LogP contribution in [0.5, 0.6) is 0 Å². The van der Waals surface area contributed by atoms with E-state index in [2.05, 4.69) is 5.43 Å². The minimum absolute atomic E-state index is 0.0654. The topological polar surface area (TPSA) is 58.4 Å². The van der Waals surface area contributed by atoms with E-state index in [1.54, 1.807) is 0 Å². The van der Waals surface area contributed by atoms with E-state index in [1.807, 2.05) is 25.8 Å². The molecule has 1 rings (SSSR count). The van der Waals surface area contributed by atoms with Crippen LogP contribution in [0.3, 0.4) is 0 Å². The van der Waals surface area contributed by atoms with Gasteiger partial charge in [0.25, 0.3) is 5.91 Å². The summed E-state index contributed by atoms with van der Waals surface area (Å²) in [6.45, 7) is 7.83. The Kier molecular flexibility index (Phi) is 4.11. The van der Waals surface area contributed by atoms with E-state index >= 15 is 0 Å². The maximum atomic E-state index is 11.8. The van der Waals surface area contributed by atoms with Crippen LogP contribution >= 0.6 is 0 Å². The number of piperidine rings is 1. The number of nitrogens with one attached hydrogen (secondary N) is 1. The van der Waals surface area contributed by atoms with E-state index in [1.165, 1.54) is 6.42 Å². The van der Waals surface area contributed by atoms with Gasteiger partial charge in [0.05, 0.1) is 6.04 Å². The Morgan fingerprint density at radius 2 is 1.80 bits per heavy atom. The molecule has 1 heterocycles. The molecule has 0 bridgehead atoms. The summed E-state index contributed by atoms with van der Waals surface area (Å²) in [7, 11) is 0. The number of nitrogens with two attached hydrogens (primary N) is 1. The molecule has 0 spiro atoms. The molecule has 4 nitrogen and oxygen atoms in total. The molecular formula is C11H23N3O. The summed E-state index contributed by atoms with van der Waals surface area (Å²) in [4.78, 5) is 11.8. The fourth-order valence-corrected chi connectivity index (χ4v) is 1.62. The van der Waals surface area contributed by atoms with Crippen LogP contribution in [0.15, 0.2) is 0 Å². The number of hydrogen-bond acceptors (Lipinski definition) is 3. The normalized spacial score (nSPS) is 21.1. The lowest BCUT2D eigenvalue weighted by molar-refractivity contribution is -0.129. The Morgan fingerprint density at radius 3 is 2.27 bits per heavy atom. The Labute approximate surface area is 92.2 Å². The van der Waals surface area contributed by atoms with Crippen LogP contribution in [0.2, 0.25) is 0 Å². The molecule has 0 aromatic rings. The van der Waals surface area contributed by atoms with Crippen molar-refractivity contribution in [1.82, 2.24) is 10.4 Å². The van der Waals surface area contributed by atoms with Crippen molar-refractivity contribution in [3.05, 3.63) is 0 Å². The SMILES string of the molecule is CC(C)(C)C(N)C(=O)NN1CCCCC1. The third-order valence-corrected chi connectivity index (χ3v) is 2.84. The summed E-state index contributed by atoms with van der Waals surface area (Å²) in [6.07, 6.45) is 3.58. The molecule has 1 saturated heterocycles. The summed E-state index contributed by atoms with van der Waals surface area (Å²) in [5.74, 6) is -0.0654. The van der Waals surface area contributed by atoms with Crippen LogP contribution in [-0.2, 0) is 4.79 Å². The zero-order valence-corrected chi connectivity index (χ0v) is 10.0. The molecule has 0 radical (unpaired) electrons. The summed E-state index contributed by atoms with van der Waals surface area (Å²) in [5, 5.41) is 1.98. The van der Waals surface area contributed by atoms with E-state index in [0.717, 1.165) is 25.9 Å². The lowest BCUT2D eigenvalue weighted by Crippen LogP contribution is -2.55. The standard InChI is InChI=1S/C11H23N3O/c1-11(2,3)9(12)10(15)13-14-7-5-4-6-8-14/h9H,4-8,12H2,1-3H3,(H,13,15). The molecule has 1 aliphatic heterocycles. The highest BCUT2D eigenvalue weighted by atomic mass is 16.2. The summed E-state index contributed by atoms with van der Waals surface area (Å²) in [5.41, 5.74) is 8.59. The average molecular weight is 213 g/mol. The maximum absolute atomic E-state index is 11.8. The lowest BCUT2D eigenvalue weighted by Gasteiger charge is -2.31. The third kappa shape index (κ3) is 3.80. The summed E-state index contributed by atoms with van der Waals surface area (Å²) in [6, 6.07) is -0.445. The third-order valence-electron chi connectivity index (χ3n) is 2.84. The monoisotopic (exact) mass is 213 g/mol. The van der Waals surface area contributed by atoms with Gasteiger partial charge in [-0.3, -0.25) is 10.2 Å². The first-order chi connectivity index (χ1) is 6.91. The minimum atomic E-state index is -0.445. The van der Waals surface area contributed by atoms with Gasteiger partial charge < -0.3 is 5.73 Å². The molecule has 1 amide bonds. The molecule has 1 aliphatic rings. The van der Waals surface area contributed by atoms with Crippen molar-refractivity contribution in [1.29, 1.82) is 0 Å². The molecule has 15 heavy (non-hydrogen) atoms. The van der Waals surface area contributed by atoms with E-state index in [0.29, 0.717) is 0 Å². The number of hydrogen-bond donors (Lipinski definition) is 2. The second-order valence-corrected chi connectivity index (χ2v) is 5.37. The molecular weight excluding hydrogens is 190 g/mol. The molecule has 1 atom stereocenters. The maximum Gasteiger partial charge on any atom is 0.251 e. The zero-order valence-electron chi connectivity index (χ0n) is 10.0. The van der Waals surface area contributed by atoms with E-state index in [-0.39, 0.29) is 11.3 Å². The fraction of sp³-hybridized carbons (Fsp3) is 0.909. The number of nitrogens with zero attached hydrogens (tertiary/aromatic N) is 1. The van der Waals surface area contributed by atoms with Crippen LogP contribution < -0.4 is 11.2 Å². The number of carbonyl (C=O) groups excluding carboxylic acids is 1. The van der Waals surface area contributed by atoms with Gasteiger partial charge in [-0.15, -0.1) is 0 Å². The van der Waals surface area contributed by atoms with Crippen LogP contribution in [0.4, 0.5) is 0 Å². The van der Waals surface area contributed by atoms with E-state index in [9.17, 15) is 4.79 Å². The van der Waals surface area contributed by atoms with Crippen LogP contribution in [-0.4, -0.2) is 30.0 Å². The van der Waals surface area contributed by atoms with Gasteiger partial charge in [-0.1, -0.05) is 27.2 Å². The van der Waals surface area contributed by atoms with Gasteiger partial charge in [0.1, 0.15) is 0 Å². The van der Waals surface area contributed by atoms with Gasteiger partial charge in [0.2, 0.25) is 0 Å². The van der Waals surface area contributed by atoms with Gasteiger partial charge in [-0.25, -0.2) is 5.01 Å². The smallest absolute Gasteiger partial charge is 0.251 e. The zero-order chi connectivity index (χ0) is 11.5. The van der Waals surface area contributed by atoms with E-state index in [4.69, 9.17) is 5.73 Å². The Balaban J connectivity index is 2.40. The fourth-order valence-electron chi connectivity index (χ4n) is 1.62. The van der Waals surface area contributed by atoms with Crippen molar-refractivity contribution in [3.8, 4) is 0 Å². The predicted octanol–water partition coefficient (Wildman–Crippen LogP) is 0.877. The van der Waals surface area contributed by atoms with Gasteiger partial charge in [0, 0.05) is 13.1 Å². The van der Waals surface area contributed by atoms with Crippen LogP contribution in [0.25, 0.3) is 0 Å². The van der Waals surface area contributed by atoms with Crippen molar-refractivity contribution < 1.29 is 4.79 Å². The Hall–Kier alpha value is -0.610. The highest BCUT2D eigenvalue weighted by Crippen LogP contribution is 2.17. The predicted molar refractivity (Wildman–Crippen MR) is 61.0 cm³/mol. The average Bonchev–Trinajstić information content (AvgIpc) is 2.16. The molecule has 0 saturated carbocycles. The molecule has 1 fully saturated rings. The minimum Gasteiger partial charge on any atom is -0.319 e. The quantitative estimate of drug-likeness (QED) is 0.716. The molecule has 0 aromatic carbocycles. The Bertz CT molecular complexity index is 216.